The first-order chi connectivity index (χ1) is 13.8. The molecular weight excluding hydrogens is 387 g/mol. The quantitative estimate of drug-likeness (QED) is 0.524. The molecule has 0 aromatic heterocycles. The van der Waals surface area contributed by atoms with Crippen molar-refractivity contribution in [3.8, 4) is 5.75 Å². The number of guanidine groups is 1. The number of nitrogens with one attached hydrogen (secondary N) is 2. The minimum absolute atomic E-state index is 0.0120. The Morgan fingerprint density at radius 1 is 1.24 bits per heavy atom. The fraction of sp³-hybridized carbons (Fsp3) is 0.579. The van der Waals surface area contributed by atoms with Crippen molar-refractivity contribution in [3.05, 3.63) is 29.6 Å². The molecule has 2 N–H and O–H groups in total. The number of alkyl halides is 2. The number of halogens is 3. The molecule has 0 spiro atoms. The van der Waals surface area contributed by atoms with Gasteiger partial charge in [0.15, 0.2) is 5.96 Å². The van der Waals surface area contributed by atoms with Crippen molar-refractivity contribution in [2.75, 3.05) is 39.8 Å². The van der Waals surface area contributed by atoms with Crippen LogP contribution in [0.4, 0.5) is 13.2 Å². The van der Waals surface area contributed by atoms with Gasteiger partial charge in [0.2, 0.25) is 5.91 Å². The van der Waals surface area contributed by atoms with Gasteiger partial charge in [0.25, 0.3) is 0 Å². The number of piperazine rings is 1. The van der Waals surface area contributed by atoms with Crippen LogP contribution < -0.4 is 15.4 Å². The number of nitrogens with zero attached hydrogens (tertiary/aromatic N) is 3. The van der Waals surface area contributed by atoms with Crippen LogP contribution in [0.15, 0.2) is 23.2 Å². The van der Waals surface area contributed by atoms with Crippen molar-refractivity contribution in [2.45, 2.75) is 33.0 Å². The first kappa shape index (κ1) is 22.8. The van der Waals surface area contributed by atoms with Crippen LogP contribution in [0.3, 0.4) is 0 Å². The third-order valence-electron chi connectivity index (χ3n) is 4.42. The maximum Gasteiger partial charge on any atom is 0.387 e. The number of ether oxygens (including phenoxy) is 1. The highest BCUT2D eigenvalue weighted by atomic mass is 19.3. The molecule has 0 aliphatic carbocycles. The number of amides is 1. The smallest absolute Gasteiger partial charge is 0.387 e. The second-order valence-electron chi connectivity index (χ2n) is 6.98. The van der Waals surface area contributed by atoms with Gasteiger partial charge in [-0.25, -0.2) is 4.39 Å². The van der Waals surface area contributed by atoms with E-state index in [1.807, 2.05) is 23.6 Å². The maximum atomic E-state index is 14.1. The fourth-order valence-electron chi connectivity index (χ4n) is 3.11. The van der Waals surface area contributed by atoms with E-state index in [0.717, 1.165) is 0 Å². The first-order valence-corrected chi connectivity index (χ1v) is 9.49. The number of carbonyl (C=O) groups is 1. The van der Waals surface area contributed by atoms with Gasteiger partial charge < -0.3 is 20.3 Å². The molecule has 0 atom stereocenters. The average Bonchev–Trinajstić information content (AvgIpc) is 2.64. The summed E-state index contributed by atoms with van der Waals surface area (Å²) < 4.78 is 43.6. The van der Waals surface area contributed by atoms with Crippen molar-refractivity contribution >= 4 is 11.9 Å². The zero-order valence-electron chi connectivity index (χ0n) is 16.9. The molecule has 7 nitrogen and oxygen atoms in total. The summed E-state index contributed by atoms with van der Waals surface area (Å²) in [5.74, 6) is -0.319. The highest BCUT2D eigenvalue weighted by Gasteiger charge is 2.22. The monoisotopic (exact) mass is 415 g/mol. The lowest BCUT2D eigenvalue weighted by Crippen LogP contribution is -2.54. The Hall–Kier alpha value is -2.49. The average molecular weight is 415 g/mol. The van der Waals surface area contributed by atoms with Crippen molar-refractivity contribution in [1.29, 1.82) is 0 Å². The zero-order chi connectivity index (χ0) is 21.4. The number of hydrogen-bond donors (Lipinski definition) is 2. The molecule has 1 aromatic rings. The van der Waals surface area contributed by atoms with Crippen LogP contribution in [0.1, 0.15) is 19.4 Å². The molecule has 0 saturated carbocycles. The van der Waals surface area contributed by atoms with Gasteiger partial charge in [-0.1, -0.05) is 6.07 Å². The molecule has 2 rings (SSSR count). The van der Waals surface area contributed by atoms with Crippen LogP contribution in [0, 0.1) is 5.82 Å². The normalized spacial score (nSPS) is 15.7. The predicted octanol–water partition coefficient (Wildman–Crippen LogP) is 1.64. The van der Waals surface area contributed by atoms with E-state index < -0.39 is 12.4 Å². The van der Waals surface area contributed by atoms with E-state index in [1.54, 1.807) is 7.05 Å². The Labute approximate surface area is 168 Å². The van der Waals surface area contributed by atoms with Crippen LogP contribution >= 0.6 is 0 Å². The molecule has 162 valence electrons. The molecule has 29 heavy (non-hydrogen) atoms. The Morgan fingerprint density at radius 2 is 1.93 bits per heavy atom. The lowest BCUT2D eigenvalue weighted by atomic mass is 10.2. The van der Waals surface area contributed by atoms with Gasteiger partial charge in [0, 0.05) is 51.4 Å². The number of hydrogen-bond acceptors (Lipinski definition) is 4. The van der Waals surface area contributed by atoms with E-state index in [0.29, 0.717) is 38.7 Å². The van der Waals surface area contributed by atoms with Crippen molar-refractivity contribution in [1.82, 2.24) is 20.4 Å². The Bertz CT molecular complexity index is 707. The summed E-state index contributed by atoms with van der Waals surface area (Å²) in [7, 11) is 1.60. The molecule has 1 saturated heterocycles. The molecule has 10 heteroatoms. The van der Waals surface area contributed by atoms with E-state index in [2.05, 4.69) is 20.4 Å². The summed E-state index contributed by atoms with van der Waals surface area (Å²) in [5.41, 5.74) is 0.0120. The predicted molar refractivity (Wildman–Crippen MR) is 105 cm³/mol. The Balaban J connectivity index is 1.90. The number of carbonyl (C=O) groups excluding carboxylic acids is 1. The third kappa shape index (κ3) is 7.12. The van der Waals surface area contributed by atoms with Crippen LogP contribution in [0.2, 0.25) is 0 Å². The van der Waals surface area contributed by atoms with E-state index in [-0.39, 0.29) is 29.8 Å². The summed E-state index contributed by atoms with van der Waals surface area (Å²) in [6.07, 6.45) is 0. The molecular formula is C19H28F3N5O2. The highest BCUT2D eigenvalue weighted by molar-refractivity contribution is 5.80. The Kier molecular flexibility index (Phi) is 8.56. The van der Waals surface area contributed by atoms with Gasteiger partial charge in [0.1, 0.15) is 11.6 Å². The van der Waals surface area contributed by atoms with E-state index in [9.17, 15) is 18.0 Å². The lowest BCUT2D eigenvalue weighted by Gasteiger charge is -2.36. The topological polar surface area (TPSA) is 69.2 Å². The summed E-state index contributed by atoms with van der Waals surface area (Å²) >= 11 is 0. The van der Waals surface area contributed by atoms with Crippen LogP contribution in [0.25, 0.3) is 0 Å². The molecule has 1 aliphatic rings. The first-order valence-electron chi connectivity index (χ1n) is 9.49. The number of benzene rings is 1. The molecule has 0 radical (unpaired) electrons. The second-order valence-corrected chi connectivity index (χ2v) is 6.98. The van der Waals surface area contributed by atoms with Gasteiger partial charge in [0.05, 0.1) is 6.54 Å². The van der Waals surface area contributed by atoms with E-state index in [1.165, 1.54) is 18.2 Å². The van der Waals surface area contributed by atoms with Gasteiger partial charge >= 0.3 is 6.61 Å². The van der Waals surface area contributed by atoms with Crippen molar-refractivity contribution in [2.24, 2.45) is 4.99 Å². The van der Waals surface area contributed by atoms with Gasteiger partial charge in [-0.15, -0.1) is 0 Å². The molecule has 1 aromatic carbocycles. The molecule has 1 fully saturated rings. The standard InChI is InChI=1S/C19H28F3N5O2/c1-13(2)25-17(28)12-26-7-9-27(10-8-26)19(23-3)24-11-14-15(20)5-4-6-16(14)29-18(21)22/h4-6,13,18H,7-12H2,1-3H3,(H,23,24)(H,25,28). The third-order valence-corrected chi connectivity index (χ3v) is 4.42. The summed E-state index contributed by atoms with van der Waals surface area (Å²) in [4.78, 5) is 20.1. The molecule has 1 amide bonds. The van der Waals surface area contributed by atoms with Gasteiger partial charge in [-0.3, -0.25) is 14.7 Å². The fourth-order valence-corrected chi connectivity index (χ4v) is 3.11. The zero-order valence-corrected chi connectivity index (χ0v) is 16.9. The lowest BCUT2D eigenvalue weighted by molar-refractivity contribution is -0.123. The van der Waals surface area contributed by atoms with Crippen LogP contribution in [-0.2, 0) is 11.3 Å². The summed E-state index contributed by atoms with van der Waals surface area (Å²) in [6.45, 7) is 3.70. The minimum Gasteiger partial charge on any atom is -0.434 e. The second kappa shape index (κ2) is 10.9. The molecule has 0 unspecified atom stereocenters. The van der Waals surface area contributed by atoms with E-state index in [4.69, 9.17) is 0 Å². The van der Waals surface area contributed by atoms with Gasteiger partial charge in [-0.2, -0.15) is 8.78 Å². The Morgan fingerprint density at radius 3 is 2.52 bits per heavy atom. The molecule has 0 bridgehead atoms. The minimum atomic E-state index is -3.03. The number of rotatable bonds is 7. The number of aliphatic imine (C=N–C) groups is 1. The summed E-state index contributed by atoms with van der Waals surface area (Å²) in [5, 5.41) is 5.87. The van der Waals surface area contributed by atoms with Gasteiger partial charge in [-0.05, 0) is 26.0 Å². The molecule has 1 heterocycles. The van der Waals surface area contributed by atoms with Crippen molar-refractivity contribution < 1.29 is 22.7 Å². The van der Waals surface area contributed by atoms with E-state index >= 15 is 0 Å². The summed E-state index contributed by atoms with van der Waals surface area (Å²) in [6, 6.07) is 3.92. The van der Waals surface area contributed by atoms with Crippen LogP contribution in [0.5, 0.6) is 5.75 Å². The largest absolute Gasteiger partial charge is 0.434 e. The van der Waals surface area contributed by atoms with Crippen molar-refractivity contribution in [3.63, 3.8) is 0 Å². The van der Waals surface area contributed by atoms with Crippen LogP contribution in [-0.4, -0.2) is 74.1 Å². The maximum absolute atomic E-state index is 14.1. The highest BCUT2D eigenvalue weighted by Crippen LogP contribution is 2.23. The molecule has 1 aliphatic heterocycles. The SMILES string of the molecule is CN=C(NCc1c(F)cccc1OC(F)F)N1CCN(CC(=O)NC(C)C)CC1.